The Balaban J connectivity index is 1.41. The Morgan fingerprint density at radius 3 is 2.66 bits per heavy atom. The van der Waals surface area contributed by atoms with Crippen molar-refractivity contribution in [3.8, 4) is 17.0 Å². The highest BCUT2D eigenvalue weighted by Gasteiger charge is 2.28. The molecule has 0 aliphatic carbocycles. The van der Waals surface area contributed by atoms with Gasteiger partial charge in [-0.1, -0.05) is 0 Å². The first-order valence-electron chi connectivity index (χ1n) is 10.0. The van der Waals surface area contributed by atoms with Gasteiger partial charge in [0.15, 0.2) is 6.61 Å². The standard InChI is InChI=1S/C22H27N3O4/c1-22(2,3)29-21(27)25-10-8-14(9-11-25)16-5-6-17(23-16)15-4-7-19-18(12-15)24-20(26)13-28-19/h4-7,12,14,23H,8-11,13H2,1-3H3,(H,24,26). The number of aromatic nitrogens is 1. The molecule has 0 atom stereocenters. The second-order valence-electron chi connectivity index (χ2n) is 8.62. The van der Waals surface area contributed by atoms with E-state index in [1.54, 1.807) is 4.90 Å². The number of hydrogen-bond donors (Lipinski definition) is 2. The summed E-state index contributed by atoms with van der Waals surface area (Å²) >= 11 is 0. The average molecular weight is 397 g/mol. The summed E-state index contributed by atoms with van der Waals surface area (Å²) in [5.74, 6) is 0.927. The second-order valence-corrected chi connectivity index (χ2v) is 8.62. The summed E-state index contributed by atoms with van der Waals surface area (Å²) in [7, 11) is 0. The van der Waals surface area contributed by atoms with Crippen LogP contribution in [0, 0.1) is 0 Å². The molecule has 0 bridgehead atoms. The van der Waals surface area contributed by atoms with Crippen LogP contribution < -0.4 is 10.1 Å². The lowest BCUT2D eigenvalue weighted by Crippen LogP contribution is -2.41. The van der Waals surface area contributed by atoms with E-state index in [9.17, 15) is 9.59 Å². The number of nitrogens with one attached hydrogen (secondary N) is 2. The number of carbonyl (C=O) groups is 2. The molecule has 0 spiro atoms. The van der Waals surface area contributed by atoms with Crippen LogP contribution in [0.15, 0.2) is 30.3 Å². The molecule has 7 nitrogen and oxygen atoms in total. The first-order chi connectivity index (χ1) is 13.8. The SMILES string of the molecule is CC(C)(C)OC(=O)N1CCC(c2ccc(-c3ccc4c(c3)NC(=O)CO4)[nH]2)CC1. The van der Waals surface area contributed by atoms with Crippen LogP contribution in [-0.2, 0) is 9.53 Å². The maximum absolute atomic E-state index is 12.2. The topological polar surface area (TPSA) is 83.7 Å². The molecule has 0 unspecified atom stereocenters. The molecule has 29 heavy (non-hydrogen) atoms. The van der Waals surface area contributed by atoms with Gasteiger partial charge >= 0.3 is 6.09 Å². The zero-order valence-corrected chi connectivity index (χ0v) is 17.1. The smallest absolute Gasteiger partial charge is 0.410 e. The highest BCUT2D eigenvalue weighted by Crippen LogP contribution is 2.34. The van der Waals surface area contributed by atoms with Crippen LogP contribution in [0.1, 0.15) is 45.2 Å². The summed E-state index contributed by atoms with van der Waals surface area (Å²) in [6, 6.07) is 9.95. The maximum Gasteiger partial charge on any atom is 0.410 e. The molecule has 0 radical (unpaired) electrons. The number of carbonyl (C=O) groups excluding carboxylic acids is 2. The van der Waals surface area contributed by atoms with Crippen molar-refractivity contribution in [3.63, 3.8) is 0 Å². The molecule has 2 aromatic rings. The molecule has 1 aromatic heterocycles. The lowest BCUT2D eigenvalue weighted by Gasteiger charge is -2.33. The van der Waals surface area contributed by atoms with Crippen molar-refractivity contribution in [2.75, 3.05) is 25.0 Å². The Morgan fingerprint density at radius 2 is 1.93 bits per heavy atom. The molecule has 154 valence electrons. The highest BCUT2D eigenvalue weighted by atomic mass is 16.6. The van der Waals surface area contributed by atoms with E-state index in [-0.39, 0.29) is 18.6 Å². The predicted molar refractivity (Wildman–Crippen MR) is 110 cm³/mol. The lowest BCUT2D eigenvalue weighted by atomic mass is 9.94. The Labute approximate surface area is 170 Å². The minimum atomic E-state index is -0.471. The number of hydrogen-bond acceptors (Lipinski definition) is 4. The number of benzene rings is 1. The molecule has 2 aliphatic heterocycles. The summed E-state index contributed by atoms with van der Waals surface area (Å²) in [5, 5.41) is 2.84. The predicted octanol–water partition coefficient (Wildman–Crippen LogP) is 4.13. The van der Waals surface area contributed by atoms with E-state index in [0.29, 0.717) is 30.4 Å². The summed E-state index contributed by atoms with van der Waals surface area (Å²) in [5.41, 5.74) is 3.38. The first-order valence-corrected chi connectivity index (χ1v) is 10.0. The van der Waals surface area contributed by atoms with Crippen molar-refractivity contribution < 1.29 is 19.1 Å². The largest absolute Gasteiger partial charge is 0.482 e. The van der Waals surface area contributed by atoms with Gasteiger partial charge in [0.2, 0.25) is 0 Å². The van der Waals surface area contributed by atoms with Gasteiger partial charge in [-0.25, -0.2) is 4.79 Å². The van der Waals surface area contributed by atoms with Crippen LogP contribution in [0.4, 0.5) is 10.5 Å². The average Bonchev–Trinajstić information content (AvgIpc) is 3.16. The number of piperidine rings is 1. The van der Waals surface area contributed by atoms with E-state index >= 15 is 0 Å². The molecule has 2 N–H and O–H groups in total. The number of rotatable bonds is 2. The number of fused-ring (bicyclic) bond motifs is 1. The third kappa shape index (κ3) is 4.39. The Kier molecular flexibility index (Phi) is 4.98. The Hall–Kier alpha value is -2.96. The number of aromatic amines is 1. The minimum absolute atomic E-state index is 0.0565. The number of amides is 2. The summed E-state index contributed by atoms with van der Waals surface area (Å²) in [6.45, 7) is 7.09. The van der Waals surface area contributed by atoms with Crippen molar-refractivity contribution in [1.82, 2.24) is 9.88 Å². The Bertz CT molecular complexity index is 920. The van der Waals surface area contributed by atoms with Gasteiger partial charge in [-0.3, -0.25) is 4.79 Å². The van der Waals surface area contributed by atoms with E-state index in [4.69, 9.17) is 9.47 Å². The van der Waals surface area contributed by atoms with Gasteiger partial charge in [0.05, 0.1) is 5.69 Å². The van der Waals surface area contributed by atoms with Crippen LogP contribution in [0.25, 0.3) is 11.3 Å². The van der Waals surface area contributed by atoms with Crippen LogP contribution in [-0.4, -0.2) is 47.2 Å². The van der Waals surface area contributed by atoms with Crippen LogP contribution in [0.3, 0.4) is 0 Å². The van der Waals surface area contributed by atoms with Gasteiger partial charge in [0, 0.05) is 36.0 Å². The molecule has 2 amide bonds. The minimum Gasteiger partial charge on any atom is -0.482 e. The molecule has 0 saturated carbocycles. The molecule has 3 heterocycles. The molecule has 1 aromatic carbocycles. The van der Waals surface area contributed by atoms with E-state index in [2.05, 4.69) is 22.4 Å². The molecular formula is C22H27N3O4. The van der Waals surface area contributed by atoms with E-state index in [0.717, 1.165) is 24.1 Å². The number of H-pyrrole nitrogens is 1. The third-order valence-electron chi connectivity index (χ3n) is 5.22. The number of ether oxygens (including phenoxy) is 2. The molecule has 4 rings (SSSR count). The molecule has 2 aliphatic rings. The van der Waals surface area contributed by atoms with Crippen molar-refractivity contribution >= 4 is 17.7 Å². The van der Waals surface area contributed by atoms with Gasteiger partial charge < -0.3 is 24.7 Å². The van der Waals surface area contributed by atoms with Gasteiger partial charge in [-0.2, -0.15) is 0 Å². The quantitative estimate of drug-likeness (QED) is 0.798. The molecule has 1 fully saturated rings. The van der Waals surface area contributed by atoms with Gasteiger partial charge in [0.25, 0.3) is 5.91 Å². The number of anilines is 1. The van der Waals surface area contributed by atoms with Crippen molar-refractivity contribution in [3.05, 3.63) is 36.0 Å². The van der Waals surface area contributed by atoms with Crippen LogP contribution >= 0.6 is 0 Å². The second kappa shape index (κ2) is 7.46. The number of likely N-dealkylation sites (tertiary alicyclic amines) is 1. The van der Waals surface area contributed by atoms with Gasteiger partial charge in [-0.05, 0) is 63.9 Å². The van der Waals surface area contributed by atoms with Gasteiger partial charge in [-0.15, -0.1) is 0 Å². The third-order valence-corrected chi connectivity index (χ3v) is 5.22. The van der Waals surface area contributed by atoms with Crippen LogP contribution in [0.2, 0.25) is 0 Å². The van der Waals surface area contributed by atoms with Crippen molar-refractivity contribution in [1.29, 1.82) is 0 Å². The zero-order chi connectivity index (χ0) is 20.6. The van der Waals surface area contributed by atoms with E-state index < -0.39 is 5.60 Å². The fourth-order valence-electron chi connectivity index (χ4n) is 3.77. The fourth-order valence-corrected chi connectivity index (χ4v) is 3.77. The van der Waals surface area contributed by atoms with Crippen LogP contribution in [0.5, 0.6) is 5.75 Å². The van der Waals surface area contributed by atoms with Crippen molar-refractivity contribution in [2.45, 2.75) is 45.1 Å². The van der Waals surface area contributed by atoms with Gasteiger partial charge in [0.1, 0.15) is 11.4 Å². The fraction of sp³-hybridized carbons (Fsp3) is 0.455. The monoisotopic (exact) mass is 397 g/mol. The summed E-state index contributed by atoms with van der Waals surface area (Å²) in [4.78, 5) is 29.1. The first kappa shape index (κ1) is 19.4. The zero-order valence-electron chi connectivity index (χ0n) is 17.1. The Morgan fingerprint density at radius 1 is 1.17 bits per heavy atom. The summed E-state index contributed by atoms with van der Waals surface area (Å²) in [6.07, 6.45) is 1.56. The van der Waals surface area contributed by atoms with E-state index in [1.807, 2.05) is 39.0 Å². The van der Waals surface area contributed by atoms with Crippen molar-refractivity contribution in [2.24, 2.45) is 0 Å². The number of nitrogens with zero attached hydrogens (tertiary/aromatic N) is 1. The molecule has 7 heteroatoms. The lowest BCUT2D eigenvalue weighted by molar-refractivity contribution is -0.118. The highest BCUT2D eigenvalue weighted by molar-refractivity contribution is 5.96. The summed E-state index contributed by atoms with van der Waals surface area (Å²) < 4.78 is 10.9. The maximum atomic E-state index is 12.2. The van der Waals surface area contributed by atoms with E-state index in [1.165, 1.54) is 5.69 Å². The normalized spacial score (nSPS) is 17.3. The molecular weight excluding hydrogens is 370 g/mol. The molecule has 1 saturated heterocycles.